The van der Waals surface area contributed by atoms with Gasteiger partial charge in [-0.1, -0.05) is 57.7 Å². The minimum absolute atomic E-state index is 0.0301. The number of aryl methyl sites for hydroxylation is 1. The second-order valence-corrected chi connectivity index (χ2v) is 9.55. The number of carbonyl (C=O) groups excluding carboxylic acids is 2. The molecule has 0 aromatic heterocycles. The molecule has 0 unspecified atom stereocenters. The average Bonchev–Trinajstić information content (AvgIpc) is 2.75. The van der Waals surface area contributed by atoms with Gasteiger partial charge in [-0.15, -0.1) is 0 Å². The number of carbonyl (C=O) groups is 2. The monoisotopic (exact) mass is 451 g/mol. The van der Waals surface area contributed by atoms with Crippen LogP contribution in [0, 0.1) is 12.8 Å². The highest BCUT2D eigenvalue weighted by Gasteiger charge is 2.20. The molecule has 0 spiro atoms. The molecule has 0 saturated heterocycles. The molecule has 2 aromatic rings. The number of nitrogens with one attached hydrogen (secondary N) is 1. The molecular formula is C28H41N3O2. The molecule has 0 fully saturated rings. The Morgan fingerprint density at radius 2 is 1.76 bits per heavy atom. The van der Waals surface area contributed by atoms with Crippen molar-refractivity contribution in [2.24, 2.45) is 5.92 Å². The number of anilines is 2. The zero-order valence-electron chi connectivity index (χ0n) is 21.3. The Kier molecular flexibility index (Phi) is 10.4. The minimum Gasteiger partial charge on any atom is -0.377 e. The number of nitrogens with zero attached hydrogens (tertiary/aromatic N) is 2. The van der Waals surface area contributed by atoms with E-state index in [1.807, 2.05) is 68.4 Å². The topological polar surface area (TPSA) is 52.7 Å². The van der Waals surface area contributed by atoms with Crippen molar-refractivity contribution in [2.75, 3.05) is 30.9 Å². The predicted molar refractivity (Wildman–Crippen MR) is 139 cm³/mol. The summed E-state index contributed by atoms with van der Waals surface area (Å²) in [7, 11) is 4.00. The molecule has 5 heteroatoms. The van der Waals surface area contributed by atoms with E-state index in [-0.39, 0.29) is 11.8 Å². The van der Waals surface area contributed by atoms with E-state index in [0.29, 0.717) is 31.0 Å². The quantitative estimate of drug-likeness (QED) is 0.387. The highest BCUT2D eigenvalue weighted by molar-refractivity contribution is 5.94. The van der Waals surface area contributed by atoms with Crippen LogP contribution in [0.1, 0.15) is 74.4 Å². The summed E-state index contributed by atoms with van der Waals surface area (Å²) < 4.78 is 0. The van der Waals surface area contributed by atoms with E-state index in [2.05, 4.69) is 31.0 Å². The predicted octanol–water partition coefficient (Wildman–Crippen LogP) is 6.27. The lowest BCUT2D eigenvalue weighted by molar-refractivity contribution is -0.116. The zero-order chi connectivity index (χ0) is 24.4. The Balaban J connectivity index is 2.25. The Bertz CT molecular complexity index is 921. The van der Waals surface area contributed by atoms with E-state index < -0.39 is 0 Å². The van der Waals surface area contributed by atoms with Gasteiger partial charge in [-0.05, 0) is 55.2 Å². The lowest BCUT2D eigenvalue weighted by Gasteiger charge is -2.28. The van der Waals surface area contributed by atoms with E-state index in [4.69, 9.17) is 0 Å². The number of amides is 2. The Labute approximate surface area is 200 Å². The minimum atomic E-state index is 0.0301. The Morgan fingerprint density at radius 1 is 1.00 bits per heavy atom. The molecule has 5 nitrogen and oxygen atoms in total. The summed E-state index contributed by atoms with van der Waals surface area (Å²) in [4.78, 5) is 29.8. The molecule has 0 aliphatic rings. The smallest absolute Gasteiger partial charge is 0.254 e. The van der Waals surface area contributed by atoms with E-state index in [9.17, 15) is 9.59 Å². The lowest BCUT2D eigenvalue weighted by Crippen LogP contribution is -2.34. The van der Waals surface area contributed by atoms with E-state index >= 15 is 0 Å². The standard InChI is InChI=1S/C28H41N3O2/c1-7-8-9-10-14-27(32)29-25-15-16-26(30(5)6)24(18-25)20-31(19-21(2)3)28(33)23-13-11-12-22(4)17-23/h11-13,15-18,21H,7-10,14,19-20H2,1-6H3,(H,29,32). The van der Waals surface area contributed by atoms with Gasteiger partial charge in [0.2, 0.25) is 5.91 Å². The van der Waals surface area contributed by atoms with Gasteiger partial charge in [0, 0.05) is 50.5 Å². The van der Waals surface area contributed by atoms with Gasteiger partial charge in [-0.3, -0.25) is 9.59 Å². The fourth-order valence-corrected chi connectivity index (χ4v) is 3.99. The van der Waals surface area contributed by atoms with Crippen LogP contribution in [0.15, 0.2) is 42.5 Å². The van der Waals surface area contributed by atoms with Crippen molar-refractivity contribution in [1.29, 1.82) is 0 Å². The Morgan fingerprint density at radius 3 is 2.39 bits per heavy atom. The van der Waals surface area contributed by atoms with Gasteiger partial charge in [0.15, 0.2) is 0 Å². The summed E-state index contributed by atoms with van der Waals surface area (Å²) in [5.41, 5.74) is 4.62. The summed E-state index contributed by atoms with van der Waals surface area (Å²) >= 11 is 0. The van der Waals surface area contributed by atoms with Gasteiger partial charge in [-0.2, -0.15) is 0 Å². The second-order valence-electron chi connectivity index (χ2n) is 9.55. The third kappa shape index (κ3) is 8.56. The van der Waals surface area contributed by atoms with Crippen LogP contribution < -0.4 is 10.2 Å². The van der Waals surface area contributed by atoms with E-state index in [1.54, 1.807) is 0 Å². The molecule has 2 amide bonds. The van der Waals surface area contributed by atoms with Crippen molar-refractivity contribution in [3.05, 3.63) is 59.2 Å². The van der Waals surface area contributed by atoms with Gasteiger partial charge < -0.3 is 15.1 Å². The van der Waals surface area contributed by atoms with Crippen molar-refractivity contribution < 1.29 is 9.59 Å². The third-order valence-corrected chi connectivity index (χ3v) is 5.60. The molecule has 180 valence electrons. The second kappa shape index (κ2) is 13.0. The van der Waals surface area contributed by atoms with Crippen LogP contribution in [0.5, 0.6) is 0 Å². The molecule has 1 N–H and O–H groups in total. The van der Waals surface area contributed by atoms with Crippen LogP contribution in [0.2, 0.25) is 0 Å². The number of rotatable bonds is 12. The molecule has 0 aliphatic carbocycles. The fraction of sp³-hybridized carbons (Fsp3) is 0.500. The van der Waals surface area contributed by atoms with Gasteiger partial charge in [0.25, 0.3) is 5.91 Å². The summed E-state index contributed by atoms with van der Waals surface area (Å²) in [6.07, 6.45) is 4.85. The zero-order valence-corrected chi connectivity index (χ0v) is 21.3. The van der Waals surface area contributed by atoms with Crippen LogP contribution in [-0.4, -0.2) is 37.4 Å². The van der Waals surface area contributed by atoms with Crippen molar-refractivity contribution in [3.63, 3.8) is 0 Å². The lowest BCUT2D eigenvalue weighted by atomic mass is 10.1. The highest BCUT2D eigenvalue weighted by Crippen LogP contribution is 2.26. The molecule has 0 saturated carbocycles. The molecule has 2 aromatic carbocycles. The largest absolute Gasteiger partial charge is 0.377 e. The summed E-state index contributed by atoms with van der Waals surface area (Å²) in [6, 6.07) is 13.7. The van der Waals surface area contributed by atoms with Crippen molar-refractivity contribution >= 4 is 23.2 Å². The first kappa shape index (κ1) is 26.4. The number of hydrogen-bond acceptors (Lipinski definition) is 3. The van der Waals surface area contributed by atoms with Gasteiger partial charge in [0.05, 0.1) is 0 Å². The molecular weight excluding hydrogens is 410 g/mol. The highest BCUT2D eigenvalue weighted by atomic mass is 16.2. The van der Waals surface area contributed by atoms with Crippen molar-refractivity contribution in [1.82, 2.24) is 4.90 Å². The van der Waals surface area contributed by atoms with Crippen molar-refractivity contribution in [2.45, 2.75) is 66.3 Å². The third-order valence-electron chi connectivity index (χ3n) is 5.60. The van der Waals surface area contributed by atoms with Crippen LogP contribution in [0.25, 0.3) is 0 Å². The normalized spacial score (nSPS) is 10.9. The summed E-state index contributed by atoms with van der Waals surface area (Å²) in [5, 5.41) is 3.05. The maximum absolute atomic E-state index is 13.4. The average molecular weight is 452 g/mol. The number of unbranched alkanes of at least 4 members (excludes halogenated alkanes) is 3. The molecule has 33 heavy (non-hydrogen) atoms. The van der Waals surface area contributed by atoms with Crippen molar-refractivity contribution in [3.8, 4) is 0 Å². The molecule has 0 aliphatic heterocycles. The molecule has 0 atom stereocenters. The molecule has 0 bridgehead atoms. The number of hydrogen-bond donors (Lipinski definition) is 1. The van der Waals surface area contributed by atoms with Gasteiger partial charge in [0.1, 0.15) is 0 Å². The van der Waals surface area contributed by atoms with Gasteiger partial charge >= 0.3 is 0 Å². The first-order valence-electron chi connectivity index (χ1n) is 12.2. The van der Waals surface area contributed by atoms with Crippen LogP contribution in [0.3, 0.4) is 0 Å². The fourth-order valence-electron chi connectivity index (χ4n) is 3.99. The molecule has 2 rings (SSSR count). The Hall–Kier alpha value is -2.82. The number of benzene rings is 2. The van der Waals surface area contributed by atoms with E-state index in [1.165, 1.54) is 0 Å². The summed E-state index contributed by atoms with van der Waals surface area (Å²) in [6.45, 7) is 9.56. The van der Waals surface area contributed by atoms with Crippen LogP contribution in [-0.2, 0) is 11.3 Å². The van der Waals surface area contributed by atoms with Crippen LogP contribution in [0.4, 0.5) is 11.4 Å². The maximum Gasteiger partial charge on any atom is 0.254 e. The summed E-state index contributed by atoms with van der Waals surface area (Å²) in [5.74, 6) is 0.416. The van der Waals surface area contributed by atoms with Gasteiger partial charge in [-0.25, -0.2) is 0 Å². The maximum atomic E-state index is 13.4. The first-order valence-corrected chi connectivity index (χ1v) is 12.2. The molecule has 0 radical (unpaired) electrons. The SMILES string of the molecule is CCCCCCC(=O)Nc1ccc(N(C)C)c(CN(CC(C)C)C(=O)c2cccc(C)c2)c1. The van der Waals surface area contributed by atoms with E-state index in [0.717, 1.165) is 48.2 Å². The molecule has 0 heterocycles. The first-order chi connectivity index (χ1) is 15.7. The van der Waals surface area contributed by atoms with Crippen LogP contribution >= 0.6 is 0 Å².